The van der Waals surface area contributed by atoms with Crippen LogP contribution in [0.15, 0.2) is 36.7 Å². The van der Waals surface area contributed by atoms with Crippen molar-refractivity contribution in [1.29, 1.82) is 0 Å². The number of halogens is 1. The molecule has 0 radical (unpaired) electrons. The first-order valence-corrected chi connectivity index (χ1v) is 12.8. The summed E-state index contributed by atoms with van der Waals surface area (Å²) in [6.45, 7) is 6.86. The van der Waals surface area contributed by atoms with Crippen LogP contribution >= 0.6 is 11.6 Å². The highest BCUT2D eigenvalue weighted by Crippen LogP contribution is 2.45. The van der Waals surface area contributed by atoms with E-state index in [1.165, 1.54) is 0 Å². The van der Waals surface area contributed by atoms with Gasteiger partial charge in [0, 0.05) is 42.5 Å². The Balaban J connectivity index is 1.58. The first-order valence-electron chi connectivity index (χ1n) is 12.4. The van der Waals surface area contributed by atoms with Crippen LogP contribution in [-0.4, -0.2) is 73.4 Å². The number of aromatic amines is 1. The van der Waals surface area contributed by atoms with Gasteiger partial charge in [-0.15, -0.1) is 0 Å². The molecule has 1 amide bonds. The number of ether oxygens (including phenoxy) is 3. The Morgan fingerprint density at radius 2 is 2.14 bits per heavy atom. The molecule has 0 unspecified atom stereocenters. The van der Waals surface area contributed by atoms with Crippen molar-refractivity contribution in [2.75, 3.05) is 45.8 Å². The van der Waals surface area contributed by atoms with Crippen molar-refractivity contribution in [3.8, 4) is 22.8 Å². The third kappa shape index (κ3) is 4.99. The standard InChI is InChI=1S/C27H32ClN5O4/c1-15-16(2)30-27(34)22-23(15)32-24(25(22)31-20-7-5-6-19(28)26(20)35-4)18-8-9-29-12-21(18)37-14-17-13-33(3)10-11-36-17/h5-9,12,15-17,31-32H,10-11,13-14H2,1-4H3,(H,30,34)/t15-,16+,17+/m0/s1. The third-order valence-corrected chi connectivity index (χ3v) is 7.37. The smallest absolute Gasteiger partial charge is 0.255 e. The summed E-state index contributed by atoms with van der Waals surface area (Å²) in [5, 5.41) is 6.98. The highest BCUT2D eigenvalue weighted by molar-refractivity contribution is 6.32. The fourth-order valence-electron chi connectivity index (χ4n) is 4.88. The predicted octanol–water partition coefficient (Wildman–Crippen LogP) is 4.43. The Bertz CT molecular complexity index is 1300. The monoisotopic (exact) mass is 525 g/mol. The number of likely N-dealkylation sites (N-methyl/N-ethyl adjacent to an activating group) is 1. The second-order valence-electron chi connectivity index (χ2n) is 9.60. The second kappa shape index (κ2) is 10.6. The van der Waals surface area contributed by atoms with Crippen LogP contribution in [0.2, 0.25) is 5.02 Å². The lowest BCUT2D eigenvalue weighted by Crippen LogP contribution is -2.42. The van der Waals surface area contributed by atoms with Gasteiger partial charge in [0.05, 0.1) is 47.6 Å². The highest BCUT2D eigenvalue weighted by Gasteiger charge is 2.35. The minimum absolute atomic E-state index is 0.0198. The number of rotatable bonds is 7. The maximum atomic E-state index is 13.3. The molecule has 5 rings (SSSR count). The molecule has 0 aliphatic carbocycles. The first kappa shape index (κ1) is 25.4. The first-order chi connectivity index (χ1) is 17.9. The normalized spacial score (nSPS) is 21.8. The second-order valence-corrected chi connectivity index (χ2v) is 10.0. The molecular weight excluding hydrogens is 494 g/mol. The molecule has 3 aromatic rings. The Kier molecular flexibility index (Phi) is 7.28. The minimum Gasteiger partial charge on any atom is -0.493 e. The summed E-state index contributed by atoms with van der Waals surface area (Å²) in [6.07, 6.45) is 3.36. The van der Waals surface area contributed by atoms with E-state index in [0.717, 1.165) is 30.0 Å². The lowest BCUT2D eigenvalue weighted by molar-refractivity contribution is -0.0403. The van der Waals surface area contributed by atoms with E-state index in [1.807, 2.05) is 25.1 Å². The van der Waals surface area contributed by atoms with E-state index >= 15 is 0 Å². The third-order valence-electron chi connectivity index (χ3n) is 7.07. The van der Waals surface area contributed by atoms with E-state index in [4.69, 9.17) is 25.8 Å². The number of hydrogen-bond acceptors (Lipinski definition) is 7. The number of amides is 1. The van der Waals surface area contributed by atoms with E-state index in [0.29, 0.717) is 46.7 Å². The van der Waals surface area contributed by atoms with Gasteiger partial charge >= 0.3 is 0 Å². The molecule has 2 aliphatic heterocycles. The van der Waals surface area contributed by atoms with Crippen LogP contribution in [-0.2, 0) is 4.74 Å². The van der Waals surface area contributed by atoms with Crippen LogP contribution in [0.5, 0.6) is 11.5 Å². The van der Waals surface area contributed by atoms with E-state index in [2.05, 4.69) is 39.5 Å². The van der Waals surface area contributed by atoms with Gasteiger partial charge in [0.15, 0.2) is 5.75 Å². The van der Waals surface area contributed by atoms with Gasteiger partial charge < -0.3 is 34.7 Å². The maximum absolute atomic E-state index is 13.3. The maximum Gasteiger partial charge on any atom is 0.255 e. The number of H-pyrrole nitrogens is 1. The van der Waals surface area contributed by atoms with Gasteiger partial charge in [-0.25, -0.2) is 0 Å². The number of morpholine rings is 1. The fourth-order valence-corrected chi connectivity index (χ4v) is 5.13. The topological polar surface area (TPSA) is 101 Å². The molecule has 4 heterocycles. The molecule has 0 bridgehead atoms. The zero-order valence-corrected chi connectivity index (χ0v) is 22.2. The number of benzene rings is 1. The molecular formula is C27H32ClN5O4. The van der Waals surface area contributed by atoms with Gasteiger partial charge in [-0.3, -0.25) is 9.78 Å². The van der Waals surface area contributed by atoms with Crippen molar-refractivity contribution in [3.05, 3.63) is 52.9 Å². The zero-order valence-electron chi connectivity index (χ0n) is 21.4. The Labute approximate surface area is 221 Å². The molecule has 2 aromatic heterocycles. The molecule has 10 heteroatoms. The molecule has 0 spiro atoms. The molecule has 37 heavy (non-hydrogen) atoms. The van der Waals surface area contributed by atoms with Gasteiger partial charge in [-0.1, -0.05) is 24.6 Å². The Morgan fingerprint density at radius 1 is 1.30 bits per heavy atom. The van der Waals surface area contributed by atoms with E-state index in [1.54, 1.807) is 25.6 Å². The van der Waals surface area contributed by atoms with Crippen LogP contribution in [0.25, 0.3) is 11.3 Å². The lowest BCUT2D eigenvalue weighted by Gasteiger charge is -2.30. The number of carbonyl (C=O) groups excluding carboxylic acids is 1. The number of nitrogens with zero attached hydrogens (tertiary/aromatic N) is 2. The van der Waals surface area contributed by atoms with E-state index in [9.17, 15) is 4.79 Å². The zero-order chi connectivity index (χ0) is 26.1. The quantitative estimate of drug-likeness (QED) is 0.419. The highest BCUT2D eigenvalue weighted by atomic mass is 35.5. The average Bonchev–Trinajstić information content (AvgIpc) is 3.26. The van der Waals surface area contributed by atoms with Crippen LogP contribution in [0.4, 0.5) is 11.4 Å². The summed E-state index contributed by atoms with van der Waals surface area (Å²) in [5.41, 5.74) is 4.19. The minimum atomic E-state index is -0.151. The summed E-state index contributed by atoms with van der Waals surface area (Å²) < 4.78 is 17.7. The van der Waals surface area contributed by atoms with Crippen LogP contribution in [0, 0.1) is 0 Å². The number of carbonyl (C=O) groups is 1. The molecule has 9 nitrogen and oxygen atoms in total. The largest absolute Gasteiger partial charge is 0.493 e. The molecule has 2 aliphatic rings. The molecule has 3 atom stereocenters. The molecule has 1 aromatic carbocycles. The van der Waals surface area contributed by atoms with Crippen LogP contribution < -0.4 is 20.1 Å². The number of hydrogen-bond donors (Lipinski definition) is 3. The number of para-hydroxylation sites is 1. The van der Waals surface area contributed by atoms with Crippen molar-refractivity contribution in [1.82, 2.24) is 20.2 Å². The van der Waals surface area contributed by atoms with Gasteiger partial charge in [0.1, 0.15) is 18.5 Å². The van der Waals surface area contributed by atoms with Crippen molar-refractivity contribution in [2.45, 2.75) is 31.9 Å². The lowest BCUT2D eigenvalue weighted by atomic mass is 9.91. The van der Waals surface area contributed by atoms with Crippen molar-refractivity contribution in [2.24, 2.45) is 0 Å². The van der Waals surface area contributed by atoms with Crippen LogP contribution in [0.1, 0.15) is 35.8 Å². The molecule has 196 valence electrons. The number of anilines is 2. The molecule has 1 saturated heterocycles. The van der Waals surface area contributed by atoms with Gasteiger partial charge in [0.25, 0.3) is 5.91 Å². The SMILES string of the molecule is COc1c(Cl)cccc1Nc1c(-c2ccncc2OC[C@H]2CN(C)CCO2)[nH]c2c1C(=O)N[C@H](C)[C@@H]2C. The molecule has 3 N–H and O–H groups in total. The fraction of sp³-hybridized carbons (Fsp3) is 0.407. The number of aromatic nitrogens is 2. The molecule has 0 saturated carbocycles. The number of methoxy groups -OCH3 is 1. The van der Waals surface area contributed by atoms with E-state index in [-0.39, 0.29) is 24.0 Å². The van der Waals surface area contributed by atoms with Gasteiger partial charge in [-0.2, -0.15) is 0 Å². The van der Waals surface area contributed by atoms with E-state index < -0.39 is 0 Å². The number of nitrogens with one attached hydrogen (secondary N) is 3. The predicted molar refractivity (Wildman–Crippen MR) is 143 cm³/mol. The Hall–Kier alpha value is -3.27. The summed E-state index contributed by atoms with van der Waals surface area (Å²) in [4.78, 5) is 23.3. The number of pyridine rings is 1. The average molecular weight is 526 g/mol. The summed E-state index contributed by atoms with van der Waals surface area (Å²) in [7, 11) is 3.64. The van der Waals surface area contributed by atoms with Crippen molar-refractivity contribution in [3.63, 3.8) is 0 Å². The molecule has 1 fully saturated rings. The summed E-state index contributed by atoms with van der Waals surface area (Å²) in [6, 6.07) is 7.32. The summed E-state index contributed by atoms with van der Waals surface area (Å²) in [5.74, 6) is 1.01. The Morgan fingerprint density at radius 3 is 2.92 bits per heavy atom. The van der Waals surface area contributed by atoms with Gasteiger partial charge in [-0.05, 0) is 32.2 Å². The summed E-state index contributed by atoms with van der Waals surface area (Å²) >= 11 is 6.40. The number of fused-ring (bicyclic) bond motifs is 1. The van der Waals surface area contributed by atoms with Crippen molar-refractivity contribution >= 4 is 28.9 Å². The van der Waals surface area contributed by atoms with Gasteiger partial charge in [0.2, 0.25) is 0 Å². The van der Waals surface area contributed by atoms with Crippen molar-refractivity contribution < 1.29 is 19.0 Å². The van der Waals surface area contributed by atoms with Crippen LogP contribution in [0.3, 0.4) is 0 Å².